The summed E-state index contributed by atoms with van der Waals surface area (Å²) in [4.78, 5) is 28.5. The summed E-state index contributed by atoms with van der Waals surface area (Å²) in [6.07, 6.45) is 3.48. The predicted octanol–water partition coefficient (Wildman–Crippen LogP) is 4.76. The number of likely N-dealkylation sites (tertiary alicyclic amines) is 1. The number of nitrogens with one attached hydrogen (secondary N) is 1. The summed E-state index contributed by atoms with van der Waals surface area (Å²) in [7, 11) is 0. The molecule has 3 rings (SSSR count). The summed E-state index contributed by atoms with van der Waals surface area (Å²) in [6.45, 7) is 6.90. The smallest absolute Gasteiger partial charge is 0.253 e. The molecule has 4 nitrogen and oxygen atoms in total. The number of nitrogens with zero attached hydrogens (tertiary/aromatic N) is 1. The average Bonchev–Trinajstić information content (AvgIpc) is 2.73. The number of benzene rings is 2. The topological polar surface area (TPSA) is 49.4 Å². The second kappa shape index (κ2) is 9.60. The van der Waals surface area contributed by atoms with Crippen LogP contribution in [0.1, 0.15) is 28.8 Å². The highest BCUT2D eigenvalue weighted by molar-refractivity contribution is 7.99. The van der Waals surface area contributed by atoms with Crippen molar-refractivity contribution >= 4 is 29.3 Å². The van der Waals surface area contributed by atoms with Gasteiger partial charge in [-0.15, -0.1) is 18.3 Å². The number of anilines is 1. The van der Waals surface area contributed by atoms with E-state index in [-0.39, 0.29) is 17.7 Å². The van der Waals surface area contributed by atoms with Crippen molar-refractivity contribution in [1.82, 2.24) is 4.90 Å². The van der Waals surface area contributed by atoms with E-state index < -0.39 is 0 Å². The third kappa shape index (κ3) is 5.04. The molecular weight excluding hydrogens is 368 g/mol. The number of hydrogen-bond acceptors (Lipinski definition) is 3. The third-order valence-corrected chi connectivity index (χ3v) is 5.95. The van der Waals surface area contributed by atoms with Crippen LogP contribution < -0.4 is 5.32 Å². The Morgan fingerprint density at radius 1 is 1.21 bits per heavy atom. The molecule has 2 amide bonds. The van der Waals surface area contributed by atoms with E-state index in [0.29, 0.717) is 18.7 Å². The van der Waals surface area contributed by atoms with Crippen LogP contribution in [-0.4, -0.2) is 35.6 Å². The minimum absolute atomic E-state index is 0.000520. The second-order valence-electron chi connectivity index (χ2n) is 7.04. The second-order valence-corrected chi connectivity index (χ2v) is 8.10. The molecule has 1 aliphatic rings. The molecule has 1 aliphatic heterocycles. The predicted molar refractivity (Wildman–Crippen MR) is 116 cm³/mol. The fraction of sp³-hybridized carbons (Fsp3) is 0.304. The Morgan fingerprint density at radius 2 is 1.96 bits per heavy atom. The molecule has 1 N–H and O–H groups in total. The summed E-state index contributed by atoms with van der Waals surface area (Å²) >= 11 is 1.64. The van der Waals surface area contributed by atoms with E-state index in [1.807, 2.05) is 61.5 Å². The van der Waals surface area contributed by atoms with Gasteiger partial charge in [0.25, 0.3) is 5.91 Å². The standard InChI is InChI=1S/C23H26N2O2S/c1-3-15-28-21-9-5-4-8-20(21)24-22(26)19-7-6-14-25(16-19)23(27)18-12-10-17(2)11-13-18/h3-5,8-13,19H,1,6-7,14-16H2,2H3,(H,24,26)/t19-/m0/s1. The van der Waals surface area contributed by atoms with Gasteiger partial charge < -0.3 is 10.2 Å². The summed E-state index contributed by atoms with van der Waals surface area (Å²) in [5.74, 6) is 0.572. The van der Waals surface area contributed by atoms with Crippen LogP contribution in [0.2, 0.25) is 0 Å². The minimum atomic E-state index is -0.194. The maximum absolute atomic E-state index is 12.9. The summed E-state index contributed by atoms with van der Waals surface area (Å²) in [6, 6.07) is 15.4. The lowest BCUT2D eigenvalue weighted by atomic mass is 9.96. The van der Waals surface area contributed by atoms with Crippen molar-refractivity contribution in [1.29, 1.82) is 0 Å². The molecular formula is C23H26N2O2S. The highest BCUT2D eigenvalue weighted by Crippen LogP contribution is 2.28. The number of amides is 2. The first-order valence-electron chi connectivity index (χ1n) is 9.58. The van der Waals surface area contributed by atoms with Crippen LogP contribution >= 0.6 is 11.8 Å². The summed E-state index contributed by atoms with van der Waals surface area (Å²) in [5.41, 5.74) is 2.62. The lowest BCUT2D eigenvalue weighted by Crippen LogP contribution is -2.43. The number of thioether (sulfide) groups is 1. The number of piperidine rings is 1. The summed E-state index contributed by atoms with van der Waals surface area (Å²) < 4.78 is 0. The quantitative estimate of drug-likeness (QED) is 0.567. The van der Waals surface area contributed by atoms with Gasteiger partial charge in [-0.05, 0) is 44.0 Å². The van der Waals surface area contributed by atoms with E-state index in [0.717, 1.165) is 34.7 Å². The first-order chi connectivity index (χ1) is 13.6. The maximum atomic E-state index is 12.9. The molecule has 0 saturated carbocycles. The molecule has 1 fully saturated rings. The molecule has 146 valence electrons. The molecule has 2 aromatic rings. The van der Waals surface area contributed by atoms with Crippen molar-refractivity contribution in [3.63, 3.8) is 0 Å². The molecule has 28 heavy (non-hydrogen) atoms. The van der Waals surface area contributed by atoms with E-state index in [9.17, 15) is 9.59 Å². The highest BCUT2D eigenvalue weighted by Gasteiger charge is 2.29. The van der Waals surface area contributed by atoms with Gasteiger partial charge in [0.05, 0.1) is 11.6 Å². The number of rotatable bonds is 6. The van der Waals surface area contributed by atoms with E-state index in [2.05, 4.69) is 11.9 Å². The van der Waals surface area contributed by atoms with Gasteiger partial charge >= 0.3 is 0 Å². The van der Waals surface area contributed by atoms with Crippen LogP contribution in [0, 0.1) is 12.8 Å². The van der Waals surface area contributed by atoms with Gasteiger partial charge in [-0.1, -0.05) is 35.9 Å². The molecule has 1 heterocycles. The van der Waals surface area contributed by atoms with E-state index in [4.69, 9.17) is 0 Å². The monoisotopic (exact) mass is 394 g/mol. The number of hydrogen-bond donors (Lipinski definition) is 1. The lowest BCUT2D eigenvalue weighted by Gasteiger charge is -2.32. The molecule has 0 spiro atoms. The third-order valence-electron chi connectivity index (χ3n) is 4.88. The van der Waals surface area contributed by atoms with Gasteiger partial charge in [-0.25, -0.2) is 0 Å². The number of carbonyl (C=O) groups excluding carboxylic acids is 2. The molecule has 0 aromatic heterocycles. The maximum Gasteiger partial charge on any atom is 0.253 e. The van der Waals surface area contributed by atoms with E-state index >= 15 is 0 Å². The SMILES string of the molecule is C=CCSc1ccccc1NC(=O)[C@H]1CCCN(C(=O)c2ccc(C)cc2)C1. The molecule has 0 radical (unpaired) electrons. The van der Waals surface area contributed by atoms with Crippen molar-refractivity contribution in [3.8, 4) is 0 Å². The van der Waals surface area contributed by atoms with Crippen molar-refractivity contribution < 1.29 is 9.59 Å². The van der Waals surface area contributed by atoms with Crippen LogP contribution in [0.4, 0.5) is 5.69 Å². The zero-order valence-corrected chi connectivity index (χ0v) is 17.0. The fourth-order valence-corrected chi connectivity index (χ4v) is 4.08. The summed E-state index contributed by atoms with van der Waals surface area (Å²) in [5, 5.41) is 3.06. The van der Waals surface area contributed by atoms with Gasteiger partial charge in [0, 0.05) is 29.3 Å². The Bertz CT molecular complexity index is 848. The van der Waals surface area contributed by atoms with Crippen LogP contribution in [0.3, 0.4) is 0 Å². The van der Waals surface area contributed by atoms with E-state index in [1.54, 1.807) is 16.7 Å². The van der Waals surface area contributed by atoms with Crippen molar-refractivity contribution in [3.05, 3.63) is 72.3 Å². The molecule has 1 atom stereocenters. The molecule has 0 aliphatic carbocycles. The van der Waals surface area contributed by atoms with Gasteiger partial charge in [0.15, 0.2) is 0 Å². The minimum Gasteiger partial charge on any atom is -0.338 e. The van der Waals surface area contributed by atoms with Gasteiger partial charge in [0.1, 0.15) is 0 Å². The first kappa shape index (κ1) is 20.2. The largest absolute Gasteiger partial charge is 0.338 e. The first-order valence-corrected chi connectivity index (χ1v) is 10.6. The molecule has 0 unspecified atom stereocenters. The number of aryl methyl sites for hydroxylation is 1. The van der Waals surface area contributed by atoms with Crippen LogP contribution in [0.5, 0.6) is 0 Å². The normalized spacial score (nSPS) is 16.5. The highest BCUT2D eigenvalue weighted by atomic mass is 32.2. The number of para-hydroxylation sites is 1. The fourth-order valence-electron chi connectivity index (χ4n) is 3.33. The Balaban J connectivity index is 1.65. The van der Waals surface area contributed by atoms with Gasteiger partial charge in [-0.3, -0.25) is 9.59 Å². The van der Waals surface area contributed by atoms with Crippen LogP contribution in [-0.2, 0) is 4.79 Å². The zero-order valence-electron chi connectivity index (χ0n) is 16.2. The zero-order chi connectivity index (χ0) is 19.9. The molecule has 1 saturated heterocycles. The average molecular weight is 395 g/mol. The number of carbonyl (C=O) groups is 2. The van der Waals surface area contributed by atoms with Gasteiger partial charge in [0.2, 0.25) is 5.91 Å². The molecule has 2 aromatic carbocycles. The Morgan fingerprint density at radius 3 is 2.71 bits per heavy atom. The van der Waals surface area contributed by atoms with E-state index in [1.165, 1.54) is 0 Å². The Kier molecular flexibility index (Phi) is 6.93. The lowest BCUT2D eigenvalue weighted by molar-refractivity contribution is -0.121. The Hall–Kier alpha value is -2.53. The van der Waals surface area contributed by atoms with Crippen LogP contribution in [0.25, 0.3) is 0 Å². The van der Waals surface area contributed by atoms with Crippen LogP contribution in [0.15, 0.2) is 66.1 Å². The van der Waals surface area contributed by atoms with Crippen molar-refractivity contribution in [2.45, 2.75) is 24.7 Å². The Labute approximate surface area is 171 Å². The van der Waals surface area contributed by atoms with Crippen molar-refractivity contribution in [2.24, 2.45) is 5.92 Å². The molecule has 5 heteroatoms. The van der Waals surface area contributed by atoms with Crippen molar-refractivity contribution in [2.75, 3.05) is 24.2 Å². The molecule has 0 bridgehead atoms. The van der Waals surface area contributed by atoms with Gasteiger partial charge in [-0.2, -0.15) is 0 Å².